The molecule has 6 atom stereocenters. The minimum absolute atomic E-state index is 1.13. The van der Waals surface area contributed by atoms with Gasteiger partial charge in [0.15, 0.2) is 0 Å². The number of hydrogen-bond donors (Lipinski definition) is 0. The van der Waals surface area contributed by atoms with Crippen molar-refractivity contribution in [1.29, 1.82) is 0 Å². The average molecular weight is 289 g/mol. The summed E-state index contributed by atoms with van der Waals surface area (Å²) in [7, 11) is 0. The van der Waals surface area contributed by atoms with Crippen molar-refractivity contribution in [2.24, 2.45) is 35.5 Å². The molecule has 0 spiro atoms. The minimum atomic E-state index is 1.13. The van der Waals surface area contributed by atoms with Crippen LogP contribution >= 0.6 is 0 Å². The van der Waals surface area contributed by atoms with E-state index in [1.54, 1.807) is 96.3 Å². The standard InChI is InChI=1S/C21H36/c1-4-16-10-12-18-6-2-8-20(18)14-15-21-9-3-7-19(21)13-11-17(16)5-1/h16-21H,1-15H2. The molecule has 4 aliphatic carbocycles. The molecule has 4 fully saturated rings. The van der Waals surface area contributed by atoms with Crippen LogP contribution in [0.15, 0.2) is 0 Å². The molecule has 6 unspecified atom stereocenters. The first-order chi connectivity index (χ1) is 10.4. The van der Waals surface area contributed by atoms with Crippen LogP contribution in [-0.4, -0.2) is 0 Å². The maximum Gasteiger partial charge on any atom is -0.0386 e. The van der Waals surface area contributed by atoms with Gasteiger partial charge in [0.25, 0.3) is 0 Å². The van der Waals surface area contributed by atoms with E-state index >= 15 is 0 Å². The highest BCUT2D eigenvalue weighted by molar-refractivity contribution is 4.86. The van der Waals surface area contributed by atoms with E-state index in [2.05, 4.69) is 0 Å². The van der Waals surface area contributed by atoms with Crippen LogP contribution in [0.2, 0.25) is 0 Å². The Morgan fingerprint density at radius 3 is 0.619 bits per heavy atom. The second-order valence-corrected chi connectivity index (χ2v) is 9.09. The Morgan fingerprint density at radius 2 is 0.429 bits per heavy atom. The highest BCUT2D eigenvalue weighted by Crippen LogP contribution is 2.47. The van der Waals surface area contributed by atoms with Gasteiger partial charge < -0.3 is 0 Å². The van der Waals surface area contributed by atoms with Gasteiger partial charge in [-0.25, -0.2) is 0 Å². The molecule has 0 aromatic rings. The summed E-state index contributed by atoms with van der Waals surface area (Å²) < 4.78 is 0. The fourth-order valence-corrected chi connectivity index (χ4v) is 6.91. The molecule has 0 heterocycles. The molecular formula is C21H36. The predicted octanol–water partition coefficient (Wildman–Crippen LogP) is 6.59. The van der Waals surface area contributed by atoms with Crippen LogP contribution in [0.25, 0.3) is 0 Å². The second-order valence-electron chi connectivity index (χ2n) is 9.09. The summed E-state index contributed by atoms with van der Waals surface area (Å²) >= 11 is 0. The molecule has 0 amide bonds. The zero-order valence-corrected chi connectivity index (χ0v) is 14.1. The van der Waals surface area contributed by atoms with Crippen LogP contribution < -0.4 is 0 Å². The smallest absolute Gasteiger partial charge is 0.0386 e. The first-order valence-electron chi connectivity index (χ1n) is 10.4. The molecule has 0 bridgehead atoms. The van der Waals surface area contributed by atoms with Gasteiger partial charge in [-0.1, -0.05) is 57.8 Å². The van der Waals surface area contributed by atoms with E-state index in [0.717, 1.165) is 35.5 Å². The summed E-state index contributed by atoms with van der Waals surface area (Å²) in [6.45, 7) is 0. The Labute approximate surface area is 132 Å². The Bertz CT molecular complexity index is 251. The second kappa shape index (κ2) is 6.63. The molecule has 120 valence electrons. The first kappa shape index (κ1) is 14.6. The van der Waals surface area contributed by atoms with Crippen LogP contribution in [0.5, 0.6) is 0 Å². The van der Waals surface area contributed by atoms with E-state index in [1.165, 1.54) is 0 Å². The molecule has 0 aliphatic heterocycles. The Kier molecular flexibility index (Phi) is 4.60. The van der Waals surface area contributed by atoms with E-state index < -0.39 is 0 Å². The van der Waals surface area contributed by atoms with E-state index in [9.17, 15) is 0 Å². The topological polar surface area (TPSA) is 0 Å². The van der Waals surface area contributed by atoms with Crippen molar-refractivity contribution >= 4 is 0 Å². The molecular weight excluding hydrogens is 252 g/mol. The Morgan fingerprint density at radius 1 is 0.238 bits per heavy atom. The minimum Gasteiger partial charge on any atom is -0.0528 e. The van der Waals surface area contributed by atoms with Crippen molar-refractivity contribution in [1.82, 2.24) is 0 Å². The molecule has 4 rings (SSSR count). The largest absolute Gasteiger partial charge is 0.0528 e. The summed E-state index contributed by atoms with van der Waals surface area (Å²) in [5.41, 5.74) is 0. The summed E-state index contributed by atoms with van der Waals surface area (Å²) in [5, 5.41) is 0. The van der Waals surface area contributed by atoms with Crippen molar-refractivity contribution in [2.45, 2.75) is 96.3 Å². The van der Waals surface area contributed by atoms with Gasteiger partial charge in [0.1, 0.15) is 0 Å². The number of fused-ring (bicyclic) bond motifs is 3. The van der Waals surface area contributed by atoms with Gasteiger partial charge in [0, 0.05) is 0 Å². The highest BCUT2D eigenvalue weighted by atomic mass is 14.4. The normalized spacial score (nSPS) is 48.0. The highest BCUT2D eigenvalue weighted by Gasteiger charge is 2.35. The van der Waals surface area contributed by atoms with Gasteiger partial charge in [0.05, 0.1) is 0 Å². The molecule has 0 aromatic carbocycles. The zero-order chi connectivity index (χ0) is 14.1. The lowest BCUT2D eigenvalue weighted by molar-refractivity contribution is 0.219. The van der Waals surface area contributed by atoms with Gasteiger partial charge in [-0.05, 0) is 74.0 Å². The monoisotopic (exact) mass is 288 g/mol. The fraction of sp³-hybridized carbons (Fsp3) is 1.00. The van der Waals surface area contributed by atoms with Crippen LogP contribution in [0.1, 0.15) is 96.3 Å². The molecule has 21 heavy (non-hydrogen) atoms. The summed E-state index contributed by atoms with van der Waals surface area (Å²) in [6, 6.07) is 0. The summed E-state index contributed by atoms with van der Waals surface area (Å²) in [6.07, 6.45) is 23.7. The van der Waals surface area contributed by atoms with Crippen molar-refractivity contribution in [2.75, 3.05) is 0 Å². The quantitative estimate of drug-likeness (QED) is 0.471. The number of hydrogen-bond acceptors (Lipinski definition) is 0. The molecule has 0 N–H and O–H groups in total. The van der Waals surface area contributed by atoms with Gasteiger partial charge in [0.2, 0.25) is 0 Å². The maximum absolute atomic E-state index is 1.60. The molecule has 0 aromatic heterocycles. The van der Waals surface area contributed by atoms with Gasteiger partial charge in [-0.3, -0.25) is 0 Å². The Balaban J connectivity index is 1.46. The fourth-order valence-electron chi connectivity index (χ4n) is 6.91. The average Bonchev–Trinajstić information content (AvgIpc) is 3.20. The van der Waals surface area contributed by atoms with E-state index in [1.807, 2.05) is 0 Å². The molecule has 0 radical (unpaired) electrons. The van der Waals surface area contributed by atoms with Gasteiger partial charge in [-0.15, -0.1) is 0 Å². The zero-order valence-electron chi connectivity index (χ0n) is 14.1. The van der Waals surface area contributed by atoms with Gasteiger partial charge >= 0.3 is 0 Å². The van der Waals surface area contributed by atoms with E-state index in [-0.39, 0.29) is 0 Å². The van der Waals surface area contributed by atoms with Crippen molar-refractivity contribution in [3.05, 3.63) is 0 Å². The van der Waals surface area contributed by atoms with Crippen LogP contribution in [-0.2, 0) is 0 Å². The van der Waals surface area contributed by atoms with Crippen molar-refractivity contribution in [3.63, 3.8) is 0 Å². The third-order valence-corrected chi connectivity index (χ3v) is 8.17. The van der Waals surface area contributed by atoms with Crippen LogP contribution in [0, 0.1) is 35.5 Å². The van der Waals surface area contributed by atoms with E-state index in [0.29, 0.717) is 0 Å². The van der Waals surface area contributed by atoms with Crippen LogP contribution in [0.3, 0.4) is 0 Å². The Hall–Kier alpha value is 0. The third-order valence-electron chi connectivity index (χ3n) is 8.17. The summed E-state index contributed by atoms with van der Waals surface area (Å²) in [5.74, 6) is 6.78. The molecule has 0 heteroatoms. The lowest BCUT2D eigenvalue weighted by Gasteiger charge is -2.29. The molecule has 0 nitrogen and oxygen atoms in total. The lowest BCUT2D eigenvalue weighted by atomic mass is 9.77. The third kappa shape index (κ3) is 3.20. The maximum atomic E-state index is 1.60. The van der Waals surface area contributed by atoms with E-state index in [4.69, 9.17) is 0 Å². The van der Waals surface area contributed by atoms with Gasteiger partial charge in [-0.2, -0.15) is 0 Å². The lowest BCUT2D eigenvalue weighted by Crippen LogP contribution is -2.18. The SMILES string of the molecule is C1CC2CCC3CCCC3CCC3CCCC3CCC2C1. The predicted molar refractivity (Wildman–Crippen MR) is 90.2 cm³/mol. The molecule has 0 saturated heterocycles. The van der Waals surface area contributed by atoms with Crippen LogP contribution in [0.4, 0.5) is 0 Å². The van der Waals surface area contributed by atoms with Crippen molar-refractivity contribution < 1.29 is 0 Å². The molecule has 4 aliphatic rings. The van der Waals surface area contributed by atoms with Crippen molar-refractivity contribution in [3.8, 4) is 0 Å². The first-order valence-corrected chi connectivity index (χ1v) is 10.4. The summed E-state index contributed by atoms with van der Waals surface area (Å²) in [4.78, 5) is 0. The number of rotatable bonds is 0. The molecule has 4 saturated carbocycles.